The SMILES string of the molecule is O=C1NC(=O)/C(=C\c2ccc(OCc3ccccc3)c(OCc3ccccc3)c2)S1. The van der Waals surface area contributed by atoms with E-state index in [1.807, 2.05) is 78.9 Å². The highest BCUT2D eigenvalue weighted by molar-refractivity contribution is 8.18. The van der Waals surface area contributed by atoms with Crippen LogP contribution in [0.5, 0.6) is 11.5 Å². The van der Waals surface area contributed by atoms with Crippen LogP contribution in [0.2, 0.25) is 0 Å². The zero-order chi connectivity index (χ0) is 20.8. The van der Waals surface area contributed by atoms with Gasteiger partial charge < -0.3 is 9.47 Å². The molecule has 0 aromatic heterocycles. The first kappa shape index (κ1) is 19.8. The van der Waals surface area contributed by atoms with Crippen molar-refractivity contribution in [1.82, 2.24) is 5.32 Å². The van der Waals surface area contributed by atoms with Crippen molar-refractivity contribution in [3.05, 3.63) is 100 Å². The summed E-state index contributed by atoms with van der Waals surface area (Å²) >= 11 is 0.886. The highest BCUT2D eigenvalue weighted by Crippen LogP contribution is 2.32. The van der Waals surface area contributed by atoms with Gasteiger partial charge in [0.1, 0.15) is 13.2 Å². The molecule has 4 rings (SSSR count). The summed E-state index contributed by atoms with van der Waals surface area (Å²) in [5, 5.41) is 1.89. The van der Waals surface area contributed by atoms with Gasteiger partial charge in [0.2, 0.25) is 0 Å². The maximum absolute atomic E-state index is 11.8. The lowest BCUT2D eigenvalue weighted by molar-refractivity contribution is -0.115. The standard InChI is InChI=1S/C24H19NO4S/c26-23-22(30-24(27)25-23)14-19-11-12-20(28-15-17-7-3-1-4-8-17)21(13-19)29-16-18-9-5-2-6-10-18/h1-14H,15-16H2,(H,25,26,27)/b22-14+. The zero-order valence-electron chi connectivity index (χ0n) is 16.0. The second-order valence-corrected chi connectivity index (χ2v) is 7.62. The van der Waals surface area contributed by atoms with Crippen molar-refractivity contribution in [1.29, 1.82) is 0 Å². The second kappa shape index (κ2) is 9.33. The van der Waals surface area contributed by atoms with Gasteiger partial charge in [0.05, 0.1) is 4.91 Å². The smallest absolute Gasteiger partial charge is 0.290 e. The van der Waals surface area contributed by atoms with Crippen LogP contribution >= 0.6 is 11.8 Å². The van der Waals surface area contributed by atoms with Crippen molar-refractivity contribution in [3.63, 3.8) is 0 Å². The molecule has 1 saturated heterocycles. The van der Waals surface area contributed by atoms with E-state index in [9.17, 15) is 9.59 Å². The number of benzene rings is 3. The van der Waals surface area contributed by atoms with Gasteiger partial charge in [-0.2, -0.15) is 0 Å². The summed E-state index contributed by atoms with van der Waals surface area (Å²) in [6.07, 6.45) is 1.67. The topological polar surface area (TPSA) is 64.6 Å². The van der Waals surface area contributed by atoms with Crippen LogP contribution in [0.4, 0.5) is 4.79 Å². The summed E-state index contributed by atoms with van der Waals surface area (Å²) in [4.78, 5) is 23.6. The molecule has 1 fully saturated rings. The lowest BCUT2D eigenvalue weighted by Gasteiger charge is -2.14. The van der Waals surface area contributed by atoms with E-state index in [0.717, 1.165) is 28.5 Å². The Morgan fingerprint density at radius 2 is 1.37 bits per heavy atom. The van der Waals surface area contributed by atoms with Gasteiger partial charge in [-0.15, -0.1) is 0 Å². The molecule has 0 bridgehead atoms. The number of carbonyl (C=O) groups excluding carboxylic acids is 2. The molecule has 150 valence electrons. The van der Waals surface area contributed by atoms with Crippen LogP contribution in [-0.4, -0.2) is 11.1 Å². The molecule has 1 aliphatic heterocycles. The van der Waals surface area contributed by atoms with Crippen LogP contribution in [0.1, 0.15) is 16.7 Å². The Hall–Kier alpha value is -3.51. The van der Waals surface area contributed by atoms with Crippen molar-refractivity contribution in [2.75, 3.05) is 0 Å². The zero-order valence-corrected chi connectivity index (χ0v) is 16.9. The lowest BCUT2D eigenvalue weighted by atomic mass is 10.1. The van der Waals surface area contributed by atoms with Crippen LogP contribution in [-0.2, 0) is 18.0 Å². The number of hydrogen-bond acceptors (Lipinski definition) is 5. The van der Waals surface area contributed by atoms with Crippen molar-refractivity contribution in [2.45, 2.75) is 13.2 Å². The Kier molecular flexibility index (Phi) is 6.15. The molecule has 0 radical (unpaired) electrons. The molecule has 1 aliphatic rings. The van der Waals surface area contributed by atoms with Gasteiger partial charge in [-0.05, 0) is 46.7 Å². The highest BCUT2D eigenvalue weighted by atomic mass is 32.2. The molecule has 5 nitrogen and oxygen atoms in total. The van der Waals surface area contributed by atoms with Crippen molar-refractivity contribution in [3.8, 4) is 11.5 Å². The molecular weight excluding hydrogens is 398 g/mol. The molecule has 3 aromatic rings. The number of nitrogens with one attached hydrogen (secondary N) is 1. The Balaban J connectivity index is 1.57. The lowest BCUT2D eigenvalue weighted by Crippen LogP contribution is -2.17. The van der Waals surface area contributed by atoms with Crippen LogP contribution in [0.3, 0.4) is 0 Å². The number of hydrogen-bond donors (Lipinski definition) is 1. The number of thioether (sulfide) groups is 1. The predicted octanol–water partition coefficient (Wildman–Crippen LogP) is 5.17. The molecule has 6 heteroatoms. The van der Waals surface area contributed by atoms with E-state index in [0.29, 0.717) is 29.6 Å². The third-order valence-corrected chi connectivity index (χ3v) is 5.19. The summed E-state index contributed by atoms with van der Waals surface area (Å²) in [6, 6.07) is 25.2. The molecule has 0 saturated carbocycles. The van der Waals surface area contributed by atoms with Gasteiger partial charge in [-0.3, -0.25) is 14.9 Å². The van der Waals surface area contributed by atoms with E-state index >= 15 is 0 Å². The van der Waals surface area contributed by atoms with E-state index in [2.05, 4.69) is 5.32 Å². The largest absolute Gasteiger partial charge is 0.485 e. The minimum Gasteiger partial charge on any atom is -0.485 e. The molecule has 1 heterocycles. The third-order valence-electron chi connectivity index (χ3n) is 4.38. The van der Waals surface area contributed by atoms with E-state index in [4.69, 9.17) is 9.47 Å². The predicted molar refractivity (Wildman–Crippen MR) is 117 cm³/mol. The van der Waals surface area contributed by atoms with Crippen LogP contribution in [0.25, 0.3) is 6.08 Å². The first-order valence-electron chi connectivity index (χ1n) is 9.40. The number of rotatable bonds is 7. The minimum atomic E-state index is -0.388. The summed E-state index contributed by atoms with van der Waals surface area (Å²) in [5.41, 5.74) is 2.83. The fourth-order valence-electron chi connectivity index (χ4n) is 2.89. The average molecular weight is 417 g/mol. The Morgan fingerprint density at radius 3 is 1.93 bits per heavy atom. The monoisotopic (exact) mass is 417 g/mol. The van der Waals surface area contributed by atoms with Gasteiger partial charge in [0.15, 0.2) is 11.5 Å². The van der Waals surface area contributed by atoms with Gasteiger partial charge in [0, 0.05) is 0 Å². The molecule has 0 spiro atoms. The van der Waals surface area contributed by atoms with Crippen molar-refractivity contribution in [2.24, 2.45) is 0 Å². The first-order valence-corrected chi connectivity index (χ1v) is 10.2. The van der Waals surface area contributed by atoms with Crippen molar-refractivity contribution >= 4 is 29.0 Å². The molecule has 0 aliphatic carbocycles. The van der Waals surface area contributed by atoms with Crippen molar-refractivity contribution < 1.29 is 19.1 Å². The molecule has 0 unspecified atom stereocenters. The fourth-order valence-corrected chi connectivity index (χ4v) is 3.57. The number of carbonyl (C=O) groups is 2. The summed E-state index contributed by atoms with van der Waals surface area (Å²) in [5.74, 6) is 0.788. The summed E-state index contributed by atoms with van der Waals surface area (Å²) < 4.78 is 12.0. The second-order valence-electron chi connectivity index (χ2n) is 6.61. The Bertz CT molecular complexity index is 1080. The molecule has 2 amide bonds. The van der Waals surface area contributed by atoms with Crippen LogP contribution < -0.4 is 14.8 Å². The molecule has 1 N–H and O–H groups in total. The molecule has 30 heavy (non-hydrogen) atoms. The molecular formula is C24H19NO4S. The number of imide groups is 1. The van der Waals surface area contributed by atoms with E-state index in [1.165, 1.54) is 0 Å². The van der Waals surface area contributed by atoms with Gasteiger partial charge in [-0.25, -0.2) is 0 Å². The Morgan fingerprint density at radius 1 is 0.767 bits per heavy atom. The quantitative estimate of drug-likeness (QED) is 0.538. The van der Waals surface area contributed by atoms with E-state index < -0.39 is 0 Å². The van der Waals surface area contributed by atoms with E-state index in [-0.39, 0.29) is 11.1 Å². The van der Waals surface area contributed by atoms with Gasteiger partial charge >= 0.3 is 0 Å². The van der Waals surface area contributed by atoms with Gasteiger partial charge in [0.25, 0.3) is 11.1 Å². The molecule has 3 aromatic carbocycles. The average Bonchev–Trinajstić information content (AvgIpc) is 3.09. The third kappa shape index (κ3) is 5.10. The first-order chi connectivity index (χ1) is 14.7. The summed E-state index contributed by atoms with van der Waals surface area (Å²) in [6.45, 7) is 0.798. The summed E-state index contributed by atoms with van der Waals surface area (Å²) in [7, 11) is 0. The van der Waals surface area contributed by atoms with Crippen LogP contribution in [0.15, 0.2) is 83.8 Å². The molecule has 0 atom stereocenters. The number of amides is 2. The highest BCUT2D eigenvalue weighted by Gasteiger charge is 2.25. The fraction of sp³-hybridized carbons (Fsp3) is 0.0833. The van der Waals surface area contributed by atoms with Gasteiger partial charge in [-0.1, -0.05) is 66.7 Å². The normalized spacial score (nSPS) is 14.6. The maximum Gasteiger partial charge on any atom is 0.290 e. The number of ether oxygens (including phenoxy) is 2. The minimum absolute atomic E-state index is 0.354. The maximum atomic E-state index is 11.8. The Labute approximate surface area is 178 Å². The van der Waals surface area contributed by atoms with E-state index in [1.54, 1.807) is 6.08 Å². The van der Waals surface area contributed by atoms with Crippen LogP contribution in [0, 0.1) is 0 Å².